The predicted octanol–water partition coefficient (Wildman–Crippen LogP) is 3.88. The van der Waals surface area contributed by atoms with Crippen LogP contribution in [0.25, 0.3) is 5.69 Å². The van der Waals surface area contributed by atoms with Crippen LogP contribution in [0.15, 0.2) is 54.6 Å². The maximum atomic E-state index is 13.0. The molecule has 3 aromatic rings. The van der Waals surface area contributed by atoms with Crippen LogP contribution in [0.5, 0.6) is 0 Å². The van der Waals surface area contributed by atoms with E-state index < -0.39 is 0 Å². The third-order valence-corrected chi connectivity index (χ3v) is 3.64. The molecule has 1 N–H and O–H groups in total. The van der Waals surface area contributed by atoms with Crippen LogP contribution >= 0.6 is 0 Å². The van der Waals surface area contributed by atoms with Gasteiger partial charge in [-0.3, -0.25) is 4.79 Å². The van der Waals surface area contributed by atoms with Gasteiger partial charge in [0.2, 0.25) is 0 Å². The number of hydrogen-bond acceptors (Lipinski definition) is 2. The average Bonchev–Trinajstić information content (AvgIpc) is 2.84. The maximum Gasteiger partial charge on any atom is 0.255 e. The van der Waals surface area contributed by atoms with E-state index in [2.05, 4.69) is 10.4 Å². The highest BCUT2D eigenvalue weighted by molar-refractivity contribution is 6.04. The summed E-state index contributed by atoms with van der Waals surface area (Å²) in [4.78, 5) is 12.3. The van der Waals surface area contributed by atoms with Crippen LogP contribution in [0.4, 0.5) is 10.1 Å². The highest BCUT2D eigenvalue weighted by atomic mass is 19.1. The molecule has 0 saturated heterocycles. The number of halogens is 1. The van der Waals surface area contributed by atoms with Crippen molar-refractivity contribution < 1.29 is 9.18 Å². The van der Waals surface area contributed by atoms with Gasteiger partial charge in [-0.1, -0.05) is 18.2 Å². The number of rotatable bonds is 3. The molecule has 1 aromatic heterocycles. The summed E-state index contributed by atoms with van der Waals surface area (Å²) in [5.74, 6) is -0.658. The van der Waals surface area contributed by atoms with Crippen molar-refractivity contribution in [2.45, 2.75) is 13.8 Å². The second-order valence-electron chi connectivity index (χ2n) is 5.25. The lowest BCUT2D eigenvalue weighted by Crippen LogP contribution is -2.13. The molecule has 1 amide bonds. The molecular weight excluding hydrogens is 293 g/mol. The highest BCUT2D eigenvalue weighted by Crippen LogP contribution is 2.23. The number of para-hydroxylation sites is 1. The SMILES string of the molecule is Cc1nn(-c2ccccc2)c(C)c1NC(=O)c1ccc(F)cc1. The van der Waals surface area contributed by atoms with Crippen molar-refractivity contribution in [1.29, 1.82) is 0 Å². The van der Waals surface area contributed by atoms with E-state index >= 15 is 0 Å². The number of aromatic nitrogens is 2. The van der Waals surface area contributed by atoms with Gasteiger partial charge in [-0.15, -0.1) is 0 Å². The first-order valence-corrected chi connectivity index (χ1v) is 7.25. The van der Waals surface area contributed by atoms with Gasteiger partial charge in [0.1, 0.15) is 5.82 Å². The van der Waals surface area contributed by atoms with Crippen molar-refractivity contribution in [3.05, 3.63) is 77.4 Å². The zero-order valence-corrected chi connectivity index (χ0v) is 12.9. The van der Waals surface area contributed by atoms with Gasteiger partial charge in [0.25, 0.3) is 5.91 Å². The standard InChI is InChI=1S/C18H16FN3O/c1-12-17(20-18(23)14-8-10-15(19)11-9-14)13(2)22(21-12)16-6-4-3-5-7-16/h3-11H,1-2H3,(H,20,23). The molecule has 5 heteroatoms. The number of aryl methyl sites for hydroxylation is 1. The Balaban J connectivity index is 1.90. The van der Waals surface area contributed by atoms with Crippen LogP contribution in [0, 0.1) is 19.7 Å². The minimum atomic E-state index is -0.370. The smallest absolute Gasteiger partial charge is 0.255 e. The second kappa shape index (κ2) is 6.04. The van der Waals surface area contributed by atoms with Gasteiger partial charge in [0, 0.05) is 5.56 Å². The largest absolute Gasteiger partial charge is 0.319 e. The van der Waals surface area contributed by atoms with Gasteiger partial charge in [0.05, 0.1) is 22.8 Å². The summed E-state index contributed by atoms with van der Waals surface area (Å²) in [6, 6.07) is 15.1. The number of amides is 1. The average molecular weight is 309 g/mol. The molecule has 3 rings (SSSR count). The van der Waals surface area contributed by atoms with E-state index in [1.54, 1.807) is 4.68 Å². The molecule has 1 heterocycles. The summed E-state index contributed by atoms with van der Waals surface area (Å²) in [6.07, 6.45) is 0. The van der Waals surface area contributed by atoms with E-state index in [0.29, 0.717) is 11.3 Å². The molecule has 0 spiro atoms. The summed E-state index contributed by atoms with van der Waals surface area (Å²) < 4.78 is 14.7. The molecule has 0 fully saturated rings. The monoisotopic (exact) mass is 309 g/mol. The third-order valence-electron chi connectivity index (χ3n) is 3.64. The normalized spacial score (nSPS) is 10.6. The van der Waals surface area contributed by atoms with Gasteiger partial charge in [-0.2, -0.15) is 5.10 Å². The van der Waals surface area contributed by atoms with Gasteiger partial charge in [0.15, 0.2) is 0 Å². The van der Waals surface area contributed by atoms with Crippen LogP contribution in [-0.2, 0) is 0 Å². The van der Waals surface area contributed by atoms with Crippen LogP contribution in [0.2, 0.25) is 0 Å². The fraction of sp³-hybridized carbons (Fsp3) is 0.111. The first kappa shape index (κ1) is 15.0. The zero-order chi connectivity index (χ0) is 16.4. The van der Waals surface area contributed by atoms with Crippen molar-refractivity contribution in [2.24, 2.45) is 0 Å². The molecule has 0 aliphatic rings. The molecule has 0 aliphatic heterocycles. The Morgan fingerprint density at radius 2 is 1.70 bits per heavy atom. The lowest BCUT2D eigenvalue weighted by atomic mass is 10.2. The van der Waals surface area contributed by atoms with Crippen molar-refractivity contribution in [2.75, 3.05) is 5.32 Å². The number of nitrogens with one attached hydrogen (secondary N) is 1. The molecule has 0 atom stereocenters. The van der Waals surface area contributed by atoms with Crippen LogP contribution in [-0.4, -0.2) is 15.7 Å². The molecular formula is C18H16FN3O. The third kappa shape index (κ3) is 2.99. The van der Waals surface area contributed by atoms with Crippen LogP contribution in [0.1, 0.15) is 21.7 Å². The summed E-state index contributed by atoms with van der Waals surface area (Å²) in [5.41, 5.74) is 3.56. The molecule has 0 aliphatic carbocycles. The van der Waals surface area contributed by atoms with E-state index in [4.69, 9.17) is 0 Å². The number of carbonyl (C=O) groups excluding carboxylic acids is 1. The van der Waals surface area contributed by atoms with Crippen molar-refractivity contribution in [3.8, 4) is 5.69 Å². The van der Waals surface area contributed by atoms with E-state index in [1.807, 2.05) is 44.2 Å². The van der Waals surface area contributed by atoms with Crippen molar-refractivity contribution in [1.82, 2.24) is 9.78 Å². The van der Waals surface area contributed by atoms with Crippen LogP contribution in [0.3, 0.4) is 0 Å². The van der Waals surface area contributed by atoms with Crippen molar-refractivity contribution >= 4 is 11.6 Å². The number of hydrogen-bond donors (Lipinski definition) is 1. The van der Waals surface area contributed by atoms with E-state index in [9.17, 15) is 9.18 Å². The number of nitrogens with zero attached hydrogens (tertiary/aromatic N) is 2. The molecule has 4 nitrogen and oxygen atoms in total. The van der Waals surface area contributed by atoms with E-state index in [1.165, 1.54) is 24.3 Å². The quantitative estimate of drug-likeness (QED) is 0.798. The Hall–Kier alpha value is -2.95. The molecule has 23 heavy (non-hydrogen) atoms. The molecule has 0 radical (unpaired) electrons. The summed E-state index contributed by atoms with van der Waals surface area (Å²) in [7, 11) is 0. The first-order chi connectivity index (χ1) is 11.1. The Kier molecular flexibility index (Phi) is 3.93. The predicted molar refractivity (Wildman–Crippen MR) is 87.4 cm³/mol. The molecule has 0 saturated carbocycles. The molecule has 0 bridgehead atoms. The van der Waals surface area contributed by atoms with E-state index in [0.717, 1.165) is 17.1 Å². The van der Waals surface area contributed by atoms with Gasteiger partial charge in [-0.25, -0.2) is 9.07 Å². The molecule has 0 unspecified atom stereocenters. The number of carbonyl (C=O) groups is 1. The first-order valence-electron chi connectivity index (χ1n) is 7.25. The maximum absolute atomic E-state index is 13.0. The van der Waals surface area contributed by atoms with Gasteiger partial charge < -0.3 is 5.32 Å². The fourth-order valence-electron chi connectivity index (χ4n) is 2.43. The van der Waals surface area contributed by atoms with Crippen LogP contribution < -0.4 is 5.32 Å². The highest BCUT2D eigenvalue weighted by Gasteiger charge is 2.16. The Morgan fingerprint density at radius 3 is 2.35 bits per heavy atom. The van der Waals surface area contributed by atoms with E-state index in [-0.39, 0.29) is 11.7 Å². The topological polar surface area (TPSA) is 46.9 Å². The summed E-state index contributed by atoms with van der Waals surface area (Å²) in [5, 5.41) is 7.34. The summed E-state index contributed by atoms with van der Waals surface area (Å²) >= 11 is 0. The lowest BCUT2D eigenvalue weighted by Gasteiger charge is -2.07. The van der Waals surface area contributed by atoms with Crippen molar-refractivity contribution in [3.63, 3.8) is 0 Å². The molecule has 116 valence electrons. The summed E-state index contributed by atoms with van der Waals surface area (Å²) in [6.45, 7) is 3.74. The Morgan fingerprint density at radius 1 is 1.04 bits per heavy atom. The minimum absolute atomic E-state index is 0.288. The second-order valence-corrected chi connectivity index (χ2v) is 5.25. The Bertz CT molecular complexity index is 839. The minimum Gasteiger partial charge on any atom is -0.319 e. The Labute approximate surface area is 133 Å². The zero-order valence-electron chi connectivity index (χ0n) is 12.9. The van der Waals surface area contributed by atoms with Gasteiger partial charge in [-0.05, 0) is 50.2 Å². The molecule has 2 aromatic carbocycles. The van der Waals surface area contributed by atoms with Gasteiger partial charge >= 0.3 is 0 Å². The lowest BCUT2D eigenvalue weighted by molar-refractivity contribution is 0.102. The number of benzene rings is 2. The number of anilines is 1. The fourth-order valence-corrected chi connectivity index (χ4v) is 2.43.